The Morgan fingerprint density at radius 1 is 1.02 bits per heavy atom. The standard InChI is InChI=1S/C43H46ClF3N6O9S/c1-41(2,3)62-40(57)48-30-10-8-6-4-5-7-9-25-21-42(25,39(56)52-63(58,59)28-16-17-28)51-36(54)31-20-27(22-53(31)38(30)55)60-37-34-33(29-19-26(44)15-18-32(29)61-34)49-35(50-37)23-11-13-24(14-12-23)43(45,46)47/h7,9,11-15,18-19,25,27-28,30-31H,4-6,8,10,16-17,20-22H2,1-3H3,(H,48,57)(H,51,54)(H,52,56)/b9-7-/t25-,27+,30-,31-,42+/m0/s1. The highest BCUT2D eigenvalue weighted by atomic mass is 35.5. The largest absolute Gasteiger partial charge is 0.470 e. The van der Waals surface area contributed by atoms with E-state index in [1.54, 1.807) is 45.0 Å². The van der Waals surface area contributed by atoms with Crippen molar-refractivity contribution in [2.24, 2.45) is 5.92 Å². The Labute approximate surface area is 365 Å². The van der Waals surface area contributed by atoms with Gasteiger partial charge in [-0.15, -0.1) is 0 Å². The van der Waals surface area contributed by atoms with Crippen molar-refractivity contribution in [3.05, 3.63) is 65.2 Å². The maximum absolute atomic E-state index is 14.7. The number of rotatable bonds is 7. The Bertz CT molecular complexity index is 2610. The molecule has 2 aliphatic carbocycles. The minimum atomic E-state index is -4.59. The van der Waals surface area contributed by atoms with Gasteiger partial charge in [0.1, 0.15) is 40.4 Å². The van der Waals surface area contributed by atoms with Crippen LogP contribution < -0.4 is 20.1 Å². The topological polar surface area (TPSA) is 199 Å². The molecule has 3 fully saturated rings. The van der Waals surface area contributed by atoms with Crippen LogP contribution in [0.3, 0.4) is 0 Å². The molecule has 20 heteroatoms. The number of amides is 4. The van der Waals surface area contributed by atoms with E-state index in [2.05, 4.69) is 25.3 Å². The van der Waals surface area contributed by atoms with Crippen molar-refractivity contribution in [1.82, 2.24) is 30.2 Å². The molecule has 15 nitrogen and oxygen atoms in total. The number of aromatic nitrogens is 2. The summed E-state index contributed by atoms with van der Waals surface area (Å²) in [5.41, 5.74) is -2.52. The van der Waals surface area contributed by atoms with E-state index in [1.807, 2.05) is 6.08 Å². The first-order chi connectivity index (χ1) is 29.7. The Balaban J connectivity index is 1.16. The van der Waals surface area contributed by atoms with E-state index in [4.69, 9.17) is 25.5 Å². The van der Waals surface area contributed by atoms with Gasteiger partial charge < -0.3 is 29.4 Å². The minimum absolute atomic E-state index is 0.0147. The van der Waals surface area contributed by atoms with Crippen molar-refractivity contribution >= 4 is 67.5 Å². The average Bonchev–Trinajstić information content (AvgIpc) is 4.11. The molecule has 8 rings (SSSR count). The molecule has 0 unspecified atom stereocenters. The molecule has 2 aromatic heterocycles. The first-order valence-corrected chi connectivity index (χ1v) is 22.7. The number of nitrogens with one attached hydrogen (secondary N) is 3. The fourth-order valence-corrected chi connectivity index (χ4v) is 9.60. The van der Waals surface area contributed by atoms with Crippen LogP contribution in [-0.2, 0) is 35.3 Å². The van der Waals surface area contributed by atoms with E-state index >= 15 is 0 Å². The van der Waals surface area contributed by atoms with Crippen LogP contribution in [0.2, 0.25) is 5.02 Å². The van der Waals surface area contributed by atoms with Crippen molar-refractivity contribution < 1.29 is 54.7 Å². The van der Waals surface area contributed by atoms with Crippen molar-refractivity contribution in [3.8, 4) is 17.3 Å². The van der Waals surface area contributed by atoms with Crippen LogP contribution in [0.15, 0.2) is 59.0 Å². The van der Waals surface area contributed by atoms with Crippen LogP contribution in [0.1, 0.15) is 84.1 Å². The van der Waals surface area contributed by atoms with Gasteiger partial charge in [0.15, 0.2) is 5.82 Å². The lowest BCUT2D eigenvalue weighted by Gasteiger charge is -2.30. The Kier molecular flexibility index (Phi) is 11.6. The number of alkyl carbamates (subject to hydrolysis) is 1. The molecule has 2 aromatic carbocycles. The Morgan fingerprint density at radius 2 is 1.76 bits per heavy atom. The summed E-state index contributed by atoms with van der Waals surface area (Å²) in [6, 6.07) is 6.61. The van der Waals surface area contributed by atoms with E-state index in [-0.39, 0.29) is 54.2 Å². The van der Waals surface area contributed by atoms with Gasteiger partial charge in [0.25, 0.3) is 11.8 Å². The van der Waals surface area contributed by atoms with E-state index in [1.165, 1.54) is 17.0 Å². The summed E-state index contributed by atoms with van der Waals surface area (Å²) in [6.45, 7) is 4.81. The van der Waals surface area contributed by atoms with Gasteiger partial charge in [0.2, 0.25) is 27.4 Å². The molecule has 4 amide bonds. The number of halogens is 4. The fraction of sp³-hybridized carbons (Fsp3) is 0.488. The molecule has 336 valence electrons. The number of benzene rings is 2. The zero-order chi connectivity index (χ0) is 45.1. The van der Waals surface area contributed by atoms with E-state index in [0.29, 0.717) is 48.1 Å². The first kappa shape index (κ1) is 44.2. The second-order valence-electron chi connectivity index (χ2n) is 17.5. The van der Waals surface area contributed by atoms with E-state index in [9.17, 15) is 40.8 Å². The van der Waals surface area contributed by atoms with Gasteiger partial charge in [-0.05, 0) is 89.6 Å². The average molecular weight is 915 g/mol. The molecule has 0 bridgehead atoms. The maximum Gasteiger partial charge on any atom is 0.416 e. The molecule has 2 aliphatic heterocycles. The quantitative estimate of drug-likeness (QED) is 0.162. The smallest absolute Gasteiger partial charge is 0.416 e. The van der Waals surface area contributed by atoms with Crippen LogP contribution in [0.4, 0.5) is 18.0 Å². The molecule has 1 saturated heterocycles. The lowest BCUT2D eigenvalue weighted by atomic mass is 10.0. The van der Waals surface area contributed by atoms with Crippen LogP contribution in [-0.4, -0.2) is 88.2 Å². The lowest BCUT2D eigenvalue weighted by Crippen LogP contribution is -2.58. The molecule has 0 radical (unpaired) electrons. The van der Waals surface area contributed by atoms with Crippen LogP contribution in [0, 0.1) is 5.92 Å². The predicted molar refractivity (Wildman–Crippen MR) is 224 cm³/mol. The first-order valence-electron chi connectivity index (χ1n) is 20.8. The summed E-state index contributed by atoms with van der Waals surface area (Å²) in [6.07, 6.45) is 0.814. The van der Waals surface area contributed by atoms with Gasteiger partial charge in [-0.1, -0.05) is 48.7 Å². The fourth-order valence-electron chi connectivity index (χ4n) is 8.06. The van der Waals surface area contributed by atoms with Crippen LogP contribution >= 0.6 is 11.6 Å². The van der Waals surface area contributed by atoms with Gasteiger partial charge in [0.05, 0.1) is 17.4 Å². The number of hydrogen-bond donors (Lipinski definition) is 3. The molecule has 5 atom stereocenters. The monoisotopic (exact) mass is 914 g/mol. The third-order valence-corrected chi connectivity index (χ3v) is 13.6. The Morgan fingerprint density at radius 3 is 2.46 bits per heavy atom. The normalized spacial score (nSPS) is 25.3. The molecule has 0 spiro atoms. The van der Waals surface area contributed by atoms with Crippen LogP contribution in [0.5, 0.6) is 5.88 Å². The van der Waals surface area contributed by atoms with E-state index in [0.717, 1.165) is 18.6 Å². The molecule has 4 aliphatic rings. The van der Waals surface area contributed by atoms with Gasteiger partial charge >= 0.3 is 12.3 Å². The molecule has 2 saturated carbocycles. The number of fused-ring (bicyclic) bond motifs is 5. The zero-order valence-corrected chi connectivity index (χ0v) is 36.2. The second kappa shape index (κ2) is 16.6. The van der Waals surface area contributed by atoms with Gasteiger partial charge in [-0.2, -0.15) is 18.2 Å². The number of sulfonamides is 1. The summed E-state index contributed by atoms with van der Waals surface area (Å²) < 4.78 is 86.6. The molecule has 4 aromatic rings. The SMILES string of the molecule is CC(C)(C)OC(=O)N[C@H]1CCCCC/C=C\[C@H]2C[C@@]2(C(=O)NS(=O)(=O)C2CC2)NC(=O)[C@@H]2C[C@@H](Oc3nc(-c4ccc(C(F)(F)F)cc4)nc4c3oc3ccc(Cl)cc34)CN2C1=O. The predicted octanol–water partition coefficient (Wildman–Crippen LogP) is 6.96. The van der Waals surface area contributed by atoms with Crippen molar-refractivity contribution in [2.45, 2.75) is 119 Å². The number of allylic oxidation sites excluding steroid dienone is 1. The third-order valence-electron chi connectivity index (χ3n) is 11.5. The third kappa shape index (κ3) is 9.59. The van der Waals surface area contributed by atoms with Crippen molar-refractivity contribution in [1.29, 1.82) is 0 Å². The molecular weight excluding hydrogens is 869 g/mol. The van der Waals surface area contributed by atoms with Gasteiger partial charge in [0, 0.05) is 28.3 Å². The summed E-state index contributed by atoms with van der Waals surface area (Å²) in [4.78, 5) is 66.7. The number of furan rings is 1. The highest BCUT2D eigenvalue weighted by Gasteiger charge is 2.62. The number of ether oxygens (including phenoxy) is 2. The number of hydrogen-bond acceptors (Lipinski definition) is 11. The number of carbonyl (C=O) groups is 4. The van der Waals surface area contributed by atoms with Crippen LogP contribution in [0.25, 0.3) is 33.5 Å². The lowest BCUT2D eigenvalue weighted by molar-refractivity contribution is -0.141. The zero-order valence-electron chi connectivity index (χ0n) is 34.6. The number of carbonyl (C=O) groups excluding carboxylic acids is 4. The second-order valence-corrected chi connectivity index (χ2v) is 19.9. The summed E-state index contributed by atoms with van der Waals surface area (Å²) in [5, 5.41) is 5.62. The van der Waals surface area contributed by atoms with Gasteiger partial charge in [-0.25, -0.2) is 18.2 Å². The molecule has 63 heavy (non-hydrogen) atoms. The van der Waals surface area contributed by atoms with E-state index < -0.39 is 86.1 Å². The number of nitrogens with zero attached hydrogens (tertiary/aromatic N) is 3. The highest BCUT2D eigenvalue weighted by Crippen LogP contribution is 2.46. The molecule has 4 heterocycles. The summed E-state index contributed by atoms with van der Waals surface area (Å²) in [5.74, 6) is -2.94. The van der Waals surface area contributed by atoms with Crippen molar-refractivity contribution in [2.75, 3.05) is 6.54 Å². The highest BCUT2D eigenvalue weighted by molar-refractivity contribution is 7.91. The summed E-state index contributed by atoms with van der Waals surface area (Å²) >= 11 is 6.34. The molecule has 3 N–H and O–H groups in total. The number of alkyl halides is 3. The summed E-state index contributed by atoms with van der Waals surface area (Å²) in [7, 11) is -3.98. The molecular formula is C43H46ClF3N6O9S. The Hall–Kier alpha value is -5.43. The van der Waals surface area contributed by atoms with Crippen molar-refractivity contribution in [3.63, 3.8) is 0 Å². The maximum atomic E-state index is 14.7. The van der Waals surface area contributed by atoms with Gasteiger partial charge in [-0.3, -0.25) is 19.1 Å². The minimum Gasteiger partial charge on any atom is -0.470 e.